The van der Waals surface area contributed by atoms with Gasteiger partial charge in [-0.3, -0.25) is 4.79 Å². The summed E-state index contributed by atoms with van der Waals surface area (Å²) >= 11 is 0. The van der Waals surface area contributed by atoms with Crippen molar-refractivity contribution in [3.63, 3.8) is 0 Å². The topological polar surface area (TPSA) is 89.9 Å². The number of nitrogens with one attached hydrogen (secondary N) is 1. The van der Waals surface area contributed by atoms with Crippen LogP contribution in [0.3, 0.4) is 0 Å². The first-order chi connectivity index (χ1) is 10.3. The third kappa shape index (κ3) is 4.62. The van der Waals surface area contributed by atoms with E-state index < -0.39 is 54.2 Å². The molecule has 0 radical (unpaired) electrons. The van der Waals surface area contributed by atoms with Crippen molar-refractivity contribution in [3.8, 4) is 0 Å². The van der Waals surface area contributed by atoms with Crippen LogP contribution in [0.4, 0.5) is 18.0 Å². The zero-order chi connectivity index (χ0) is 16.9. The molecule has 0 aromatic heterocycles. The van der Waals surface area contributed by atoms with E-state index in [1.54, 1.807) is 0 Å². The minimum absolute atomic E-state index is 0.248. The van der Waals surface area contributed by atoms with Gasteiger partial charge in [0.25, 0.3) is 0 Å². The first kappa shape index (κ1) is 17.8. The highest BCUT2D eigenvalue weighted by atomic mass is 19.2. The van der Waals surface area contributed by atoms with Crippen molar-refractivity contribution in [1.82, 2.24) is 10.2 Å². The minimum Gasteiger partial charge on any atom is -0.465 e. The Morgan fingerprint density at radius 3 is 2.50 bits per heavy atom. The number of benzene rings is 1. The summed E-state index contributed by atoms with van der Waals surface area (Å²) in [6.07, 6.45) is -1.44. The quantitative estimate of drug-likeness (QED) is 0.684. The summed E-state index contributed by atoms with van der Waals surface area (Å²) < 4.78 is 39.9. The van der Waals surface area contributed by atoms with Crippen molar-refractivity contribution in [3.05, 3.63) is 35.1 Å². The minimum atomic E-state index is -1.44. The molecular formula is C13H15F3N2O4. The lowest BCUT2D eigenvalue weighted by Crippen LogP contribution is -2.47. The van der Waals surface area contributed by atoms with Crippen molar-refractivity contribution >= 4 is 12.0 Å². The molecule has 0 heterocycles. The Balaban J connectivity index is 2.97. The highest BCUT2D eigenvalue weighted by molar-refractivity contribution is 5.84. The number of amides is 2. The molecule has 0 saturated heterocycles. The Morgan fingerprint density at radius 1 is 1.32 bits per heavy atom. The number of aliphatic hydroxyl groups is 1. The molecule has 22 heavy (non-hydrogen) atoms. The standard InChI is InChI=1S/C13H15F3N2O4/c1-7(17-13(21)22)12(20)18(2-3-19)6-8-4-9(14)5-10(15)11(8)16/h4-5,7,17,19H,2-3,6H2,1H3,(H,21,22)/t7-/m1/s1. The summed E-state index contributed by atoms with van der Waals surface area (Å²) in [5.41, 5.74) is -0.415. The van der Waals surface area contributed by atoms with Crippen LogP contribution in [-0.4, -0.2) is 46.3 Å². The van der Waals surface area contributed by atoms with Crippen LogP contribution in [0, 0.1) is 17.5 Å². The molecule has 0 aliphatic heterocycles. The van der Waals surface area contributed by atoms with Crippen LogP contribution in [0.15, 0.2) is 12.1 Å². The number of halogens is 3. The molecule has 122 valence electrons. The maximum Gasteiger partial charge on any atom is 0.405 e. The summed E-state index contributed by atoms with van der Waals surface area (Å²) in [6, 6.07) is -0.0673. The Morgan fingerprint density at radius 2 is 1.95 bits per heavy atom. The van der Waals surface area contributed by atoms with Gasteiger partial charge in [-0.25, -0.2) is 18.0 Å². The Kier molecular flexibility index (Phi) is 6.17. The van der Waals surface area contributed by atoms with Gasteiger partial charge in [0.2, 0.25) is 5.91 Å². The number of carboxylic acid groups (broad SMARTS) is 1. The fraction of sp³-hybridized carbons (Fsp3) is 0.385. The molecule has 0 bridgehead atoms. The molecule has 1 rings (SSSR count). The maximum absolute atomic E-state index is 13.6. The first-order valence-electron chi connectivity index (χ1n) is 6.28. The van der Waals surface area contributed by atoms with E-state index in [-0.39, 0.29) is 6.54 Å². The Hall–Kier alpha value is -2.29. The second-order valence-corrected chi connectivity index (χ2v) is 4.52. The number of rotatable bonds is 6. The van der Waals surface area contributed by atoms with E-state index in [1.165, 1.54) is 6.92 Å². The van der Waals surface area contributed by atoms with Gasteiger partial charge in [-0.15, -0.1) is 0 Å². The van der Waals surface area contributed by atoms with Gasteiger partial charge < -0.3 is 20.4 Å². The summed E-state index contributed by atoms with van der Waals surface area (Å²) in [4.78, 5) is 23.4. The molecule has 1 aromatic rings. The predicted octanol–water partition coefficient (Wildman–Crippen LogP) is 1.08. The van der Waals surface area contributed by atoms with Crippen LogP contribution in [0.25, 0.3) is 0 Å². The molecule has 9 heteroatoms. The van der Waals surface area contributed by atoms with Gasteiger partial charge in [0.15, 0.2) is 11.6 Å². The zero-order valence-electron chi connectivity index (χ0n) is 11.6. The normalized spacial score (nSPS) is 11.9. The van der Waals surface area contributed by atoms with E-state index in [0.29, 0.717) is 6.07 Å². The summed E-state index contributed by atoms with van der Waals surface area (Å²) in [5.74, 6) is -4.48. The Bertz CT molecular complexity index is 568. The molecule has 0 spiro atoms. The highest BCUT2D eigenvalue weighted by Crippen LogP contribution is 2.16. The number of nitrogens with zero attached hydrogens (tertiary/aromatic N) is 1. The van der Waals surface area contributed by atoms with E-state index in [4.69, 9.17) is 10.2 Å². The van der Waals surface area contributed by atoms with E-state index in [2.05, 4.69) is 0 Å². The average Bonchev–Trinajstić information content (AvgIpc) is 2.42. The van der Waals surface area contributed by atoms with Crippen LogP contribution in [0.2, 0.25) is 0 Å². The SMILES string of the molecule is C[C@@H](NC(=O)O)C(=O)N(CCO)Cc1cc(F)cc(F)c1F. The Labute approximate surface area is 124 Å². The van der Waals surface area contributed by atoms with Gasteiger partial charge in [-0.05, 0) is 13.0 Å². The van der Waals surface area contributed by atoms with Crippen LogP contribution in [-0.2, 0) is 11.3 Å². The summed E-state index contributed by atoms with van der Waals surface area (Å²) in [5, 5.41) is 19.4. The van der Waals surface area contributed by atoms with E-state index >= 15 is 0 Å². The summed E-state index contributed by atoms with van der Waals surface area (Å²) in [7, 11) is 0. The lowest BCUT2D eigenvalue weighted by atomic mass is 10.1. The molecule has 6 nitrogen and oxygen atoms in total. The molecule has 0 unspecified atom stereocenters. The van der Waals surface area contributed by atoms with Crippen molar-refractivity contribution in [2.45, 2.75) is 19.5 Å². The lowest BCUT2D eigenvalue weighted by molar-refractivity contribution is -0.134. The van der Waals surface area contributed by atoms with Crippen molar-refractivity contribution < 1.29 is 33.0 Å². The van der Waals surface area contributed by atoms with Gasteiger partial charge in [0.1, 0.15) is 11.9 Å². The second-order valence-electron chi connectivity index (χ2n) is 4.52. The van der Waals surface area contributed by atoms with Crippen molar-refractivity contribution in [1.29, 1.82) is 0 Å². The molecule has 0 aliphatic rings. The molecule has 2 amide bonds. The van der Waals surface area contributed by atoms with Gasteiger partial charge >= 0.3 is 6.09 Å². The van der Waals surface area contributed by atoms with E-state index in [0.717, 1.165) is 11.0 Å². The third-order valence-electron chi connectivity index (χ3n) is 2.82. The fourth-order valence-electron chi connectivity index (χ4n) is 1.84. The first-order valence-corrected chi connectivity index (χ1v) is 6.28. The molecule has 0 fully saturated rings. The van der Waals surface area contributed by atoms with Gasteiger partial charge in [-0.1, -0.05) is 0 Å². The average molecular weight is 320 g/mol. The predicted molar refractivity (Wildman–Crippen MR) is 69.4 cm³/mol. The largest absolute Gasteiger partial charge is 0.465 e. The highest BCUT2D eigenvalue weighted by Gasteiger charge is 2.23. The maximum atomic E-state index is 13.6. The zero-order valence-corrected chi connectivity index (χ0v) is 11.6. The number of aliphatic hydroxyl groups excluding tert-OH is 1. The molecule has 1 aromatic carbocycles. The monoisotopic (exact) mass is 320 g/mol. The third-order valence-corrected chi connectivity index (χ3v) is 2.82. The van der Waals surface area contributed by atoms with Gasteiger partial charge in [0.05, 0.1) is 6.61 Å². The number of hydrogen-bond acceptors (Lipinski definition) is 3. The van der Waals surface area contributed by atoms with E-state index in [9.17, 15) is 22.8 Å². The van der Waals surface area contributed by atoms with Crippen LogP contribution >= 0.6 is 0 Å². The van der Waals surface area contributed by atoms with Gasteiger partial charge in [0, 0.05) is 24.7 Å². The molecule has 3 N–H and O–H groups in total. The van der Waals surface area contributed by atoms with Crippen LogP contribution < -0.4 is 5.32 Å². The second kappa shape index (κ2) is 7.64. The van der Waals surface area contributed by atoms with E-state index in [1.807, 2.05) is 5.32 Å². The van der Waals surface area contributed by atoms with Crippen LogP contribution in [0.5, 0.6) is 0 Å². The van der Waals surface area contributed by atoms with Gasteiger partial charge in [-0.2, -0.15) is 0 Å². The molecule has 0 aliphatic carbocycles. The number of carbonyl (C=O) groups is 2. The summed E-state index contributed by atoms with van der Waals surface area (Å²) in [6.45, 7) is 0.0158. The molecule has 1 atom stereocenters. The van der Waals surface area contributed by atoms with Crippen LogP contribution in [0.1, 0.15) is 12.5 Å². The smallest absolute Gasteiger partial charge is 0.405 e. The van der Waals surface area contributed by atoms with Crippen molar-refractivity contribution in [2.24, 2.45) is 0 Å². The number of carbonyl (C=O) groups excluding carboxylic acids is 1. The molecular weight excluding hydrogens is 305 g/mol. The lowest BCUT2D eigenvalue weighted by Gasteiger charge is -2.25. The fourth-order valence-corrected chi connectivity index (χ4v) is 1.84. The van der Waals surface area contributed by atoms with Crippen molar-refractivity contribution in [2.75, 3.05) is 13.2 Å². The number of hydrogen-bond donors (Lipinski definition) is 3. The molecule has 0 saturated carbocycles.